The largest absolute Gasteiger partial charge is 0.347 e. The minimum Gasteiger partial charge on any atom is -0.347 e. The van der Waals surface area contributed by atoms with Crippen LogP contribution in [0, 0.1) is 5.92 Å². The molecule has 0 radical (unpaired) electrons. The van der Waals surface area contributed by atoms with Crippen LogP contribution in [0.2, 0.25) is 0 Å². The first-order valence-corrected chi connectivity index (χ1v) is 8.38. The molecule has 4 nitrogen and oxygen atoms in total. The van der Waals surface area contributed by atoms with Crippen LogP contribution in [0.3, 0.4) is 0 Å². The summed E-state index contributed by atoms with van der Waals surface area (Å²) >= 11 is 5.02. The van der Waals surface area contributed by atoms with Crippen molar-refractivity contribution in [2.45, 2.75) is 25.7 Å². The second kappa shape index (κ2) is 5.84. The number of hydrogen-bond acceptors (Lipinski definition) is 5. The van der Waals surface area contributed by atoms with Gasteiger partial charge in [-0.15, -0.1) is 10.2 Å². The number of anilines is 1. The van der Waals surface area contributed by atoms with Gasteiger partial charge in [0.2, 0.25) is 5.13 Å². The first-order chi connectivity index (χ1) is 8.81. The Kier molecular flexibility index (Phi) is 4.16. The van der Waals surface area contributed by atoms with Crippen LogP contribution < -0.4 is 4.90 Å². The molecule has 3 heterocycles. The van der Waals surface area contributed by atoms with E-state index in [-0.39, 0.29) is 0 Å². The summed E-state index contributed by atoms with van der Waals surface area (Å²) in [5.74, 6) is 0.885. The molecule has 0 saturated carbocycles. The van der Waals surface area contributed by atoms with E-state index in [0.717, 1.165) is 28.1 Å². The topological polar surface area (TPSA) is 32.3 Å². The van der Waals surface area contributed by atoms with Crippen molar-refractivity contribution in [2.24, 2.45) is 5.92 Å². The van der Waals surface area contributed by atoms with Crippen LogP contribution in [0.1, 0.15) is 25.7 Å². The second-order valence-electron chi connectivity index (χ2n) is 5.28. The maximum absolute atomic E-state index is 4.20. The average Bonchev–Trinajstić information content (AvgIpc) is 3.02. The lowest BCUT2D eigenvalue weighted by Crippen LogP contribution is -2.38. The van der Waals surface area contributed by atoms with Gasteiger partial charge in [0, 0.05) is 19.6 Å². The van der Waals surface area contributed by atoms with Crippen LogP contribution in [0.4, 0.5) is 5.13 Å². The molecular weight excluding hydrogens is 312 g/mol. The summed E-state index contributed by atoms with van der Waals surface area (Å²) in [5.41, 5.74) is 0. The molecular formula is C12H19BrN4S. The number of nitrogens with zero attached hydrogens (tertiary/aromatic N) is 4. The molecule has 2 aliphatic rings. The molecule has 0 amide bonds. The van der Waals surface area contributed by atoms with Gasteiger partial charge < -0.3 is 9.80 Å². The van der Waals surface area contributed by atoms with Crippen molar-refractivity contribution in [1.29, 1.82) is 0 Å². The zero-order chi connectivity index (χ0) is 12.4. The Bertz CT molecular complexity index is 383. The van der Waals surface area contributed by atoms with Crippen molar-refractivity contribution in [2.75, 3.05) is 37.6 Å². The Morgan fingerprint density at radius 1 is 1.11 bits per heavy atom. The third-order valence-corrected chi connectivity index (χ3v) is 5.41. The molecule has 1 aromatic rings. The van der Waals surface area contributed by atoms with Gasteiger partial charge in [0.1, 0.15) is 0 Å². The summed E-state index contributed by atoms with van der Waals surface area (Å²) in [4.78, 5) is 5.02. The molecule has 2 saturated heterocycles. The van der Waals surface area contributed by atoms with E-state index < -0.39 is 0 Å². The van der Waals surface area contributed by atoms with Crippen molar-refractivity contribution in [3.8, 4) is 0 Å². The molecule has 0 spiro atoms. The van der Waals surface area contributed by atoms with Crippen LogP contribution in [0.15, 0.2) is 3.92 Å². The maximum atomic E-state index is 4.20. The zero-order valence-electron chi connectivity index (χ0n) is 10.5. The third-order valence-electron chi connectivity index (χ3n) is 3.99. The van der Waals surface area contributed by atoms with Gasteiger partial charge in [0.25, 0.3) is 0 Å². The van der Waals surface area contributed by atoms with E-state index in [9.17, 15) is 0 Å². The highest BCUT2D eigenvalue weighted by Crippen LogP contribution is 2.28. The summed E-state index contributed by atoms with van der Waals surface area (Å²) in [6, 6.07) is 0. The molecule has 18 heavy (non-hydrogen) atoms. The lowest BCUT2D eigenvalue weighted by Gasteiger charge is -2.33. The quantitative estimate of drug-likeness (QED) is 0.852. The van der Waals surface area contributed by atoms with Gasteiger partial charge in [-0.3, -0.25) is 0 Å². The molecule has 0 aromatic carbocycles. The number of hydrogen-bond donors (Lipinski definition) is 0. The van der Waals surface area contributed by atoms with Crippen LogP contribution >= 0.6 is 27.3 Å². The summed E-state index contributed by atoms with van der Waals surface area (Å²) in [6.07, 6.45) is 5.40. The Hall–Kier alpha value is -0.200. The van der Waals surface area contributed by atoms with E-state index in [4.69, 9.17) is 0 Å². The van der Waals surface area contributed by atoms with E-state index in [1.165, 1.54) is 45.3 Å². The first kappa shape index (κ1) is 12.8. The highest BCUT2D eigenvalue weighted by molar-refractivity contribution is 9.11. The molecule has 1 aromatic heterocycles. The SMILES string of the molecule is Brc1nnc(N2CCC(CN3CCCC3)CC2)s1. The summed E-state index contributed by atoms with van der Waals surface area (Å²) in [5, 5.41) is 9.31. The fourth-order valence-electron chi connectivity index (χ4n) is 2.96. The van der Waals surface area contributed by atoms with E-state index in [1.54, 1.807) is 11.3 Å². The number of rotatable bonds is 3. The van der Waals surface area contributed by atoms with E-state index >= 15 is 0 Å². The standard InChI is InChI=1S/C12H19BrN4S/c13-11-14-15-12(18-11)17-7-3-10(4-8-17)9-16-5-1-2-6-16/h10H,1-9H2. The molecule has 3 rings (SSSR count). The smallest absolute Gasteiger partial charge is 0.209 e. The molecule has 2 fully saturated rings. The highest BCUT2D eigenvalue weighted by atomic mass is 79.9. The van der Waals surface area contributed by atoms with Crippen LogP contribution in [-0.4, -0.2) is 47.8 Å². The number of halogens is 1. The molecule has 0 aliphatic carbocycles. The Morgan fingerprint density at radius 2 is 1.83 bits per heavy atom. The van der Waals surface area contributed by atoms with E-state index in [2.05, 4.69) is 35.9 Å². The zero-order valence-corrected chi connectivity index (χ0v) is 12.9. The molecule has 0 atom stereocenters. The van der Waals surface area contributed by atoms with Gasteiger partial charge in [-0.1, -0.05) is 11.3 Å². The fraction of sp³-hybridized carbons (Fsp3) is 0.833. The predicted octanol–water partition coefficient (Wildman–Crippen LogP) is 2.61. The Morgan fingerprint density at radius 3 is 2.44 bits per heavy atom. The van der Waals surface area contributed by atoms with E-state index in [0.29, 0.717) is 0 Å². The van der Waals surface area contributed by atoms with Crippen LogP contribution in [-0.2, 0) is 0 Å². The van der Waals surface area contributed by atoms with Gasteiger partial charge in [-0.2, -0.15) is 0 Å². The molecule has 0 unspecified atom stereocenters. The fourth-order valence-corrected chi connectivity index (χ4v) is 4.10. The lowest BCUT2D eigenvalue weighted by molar-refractivity contribution is 0.249. The lowest BCUT2D eigenvalue weighted by atomic mass is 9.96. The molecule has 6 heteroatoms. The predicted molar refractivity (Wildman–Crippen MR) is 78.2 cm³/mol. The number of aromatic nitrogens is 2. The van der Waals surface area contributed by atoms with E-state index in [1.807, 2.05) is 0 Å². The average molecular weight is 331 g/mol. The van der Waals surface area contributed by atoms with Crippen molar-refractivity contribution in [3.63, 3.8) is 0 Å². The van der Waals surface area contributed by atoms with Crippen molar-refractivity contribution in [3.05, 3.63) is 3.92 Å². The van der Waals surface area contributed by atoms with Crippen molar-refractivity contribution >= 4 is 32.4 Å². The minimum absolute atomic E-state index is 0.885. The van der Waals surface area contributed by atoms with Crippen molar-refractivity contribution < 1.29 is 0 Å². The summed E-state index contributed by atoms with van der Waals surface area (Å²) in [6.45, 7) is 6.24. The normalized spacial score (nSPS) is 22.8. The number of piperidine rings is 1. The number of likely N-dealkylation sites (tertiary alicyclic amines) is 1. The Balaban J connectivity index is 1.48. The van der Waals surface area contributed by atoms with Gasteiger partial charge in [-0.05, 0) is 60.6 Å². The van der Waals surface area contributed by atoms with Crippen LogP contribution in [0.25, 0.3) is 0 Å². The second-order valence-corrected chi connectivity index (χ2v) is 7.51. The molecule has 0 bridgehead atoms. The van der Waals surface area contributed by atoms with Gasteiger partial charge >= 0.3 is 0 Å². The first-order valence-electron chi connectivity index (χ1n) is 6.77. The molecule has 100 valence electrons. The third kappa shape index (κ3) is 3.03. The maximum Gasteiger partial charge on any atom is 0.209 e. The Labute approximate surface area is 121 Å². The van der Waals surface area contributed by atoms with Gasteiger partial charge in [0.05, 0.1) is 0 Å². The molecule has 2 aliphatic heterocycles. The minimum atomic E-state index is 0.885. The van der Waals surface area contributed by atoms with Gasteiger partial charge in [-0.25, -0.2) is 0 Å². The highest BCUT2D eigenvalue weighted by Gasteiger charge is 2.24. The summed E-state index contributed by atoms with van der Waals surface area (Å²) in [7, 11) is 0. The van der Waals surface area contributed by atoms with Crippen molar-refractivity contribution in [1.82, 2.24) is 15.1 Å². The van der Waals surface area contributed by atoms with Crippen LogP contribution in [0.5, 0.6) is 0 Å². The molecule has 0 N–H and O–H groups in total. The monoisotopic (exact) mass is 330 g/mol. The van der Waals surface area contributed by atoms with Gasteiger partial charge in [0.15, 0.2) is 3.92 Å². The summed E-state index contributed by atoms with van der Waals surface area (Å²) < 4.78 is 0.886.